The highest BCUT2D eigenvalue weighted by Crippen LogP contribution is 2.56. The van der Waals surface area contributed by atoms with Gasteiger partial charge in [-0.15, -0.1) is 0 Å². The maximum absolute atomic E-state index is 8.95. The lowest BCUT2D eigenvalue weighted by molar-refractivity contribution is 0.0552. The van der Waals surface area contributed by atoms with Gasteiger partial charge in [-0.05, 0) is 73.5 Å². The van der Waals surface area contributed by atoms with Gasteiger partial charge in [-0.3, -0.25) is 0 Å². The molecule has 1 unspecified atom stereocenters. The smallest absolute Gasteiger partial charge is 0.0991 e. The lowest BCUT2D eigenvalue weighted by atomic mass is 9.52. The molecule has 0 amide bonds. The van der Waals surface area contributed by atoms with E-state index in [1.165, 1.54) is 50.5 Å². The highest BCUT2D eigenvalue weighted by Gasteiger charge is 2.47. The fourth-order valence-electron chi connectivity index (χ4n) is 4.61. The minimum absolute atomic E-state index is 0.429. The zero-order chi connectivity index (χ0) is 13.3. The Morgan fingerprint density at radius 3 is 2.47 bits per heavy atom. The number of benzene rings is 1. The van der Waals surface area contributed by atoms with E-state index in [9.17, 15) is 0 Å². The van der Waals surface area contributed by atoms with Crippen LogP contribution in [-0.4, -0.2) is 0 Å². The number of fused-ring (bicyclic) bond motifs is 3. The number of hydrogen-bond donors (Lipinski definition) is 0. The summed E-state index contributed by atoms with van der Waals surface area (Å²) in [7, 11) is 0. The van der Waals surface area contributed by atoms with Crippen molar-refractivity contribution in [2.24, 2.45) is 11.8 Å². The first-order chi connectivity index (χ1) is 9.28. The molecule has 0 N–H and O–H groups in total. The second-order valence-electron chi connectivity index (χ2n) is 6.51. The van der Waals surface area contributed by atoms with Crippen LogP contribution in [0.25, 0.3) is 0 Å². The van der Waals surface area contributed by atoms with Crippen LogP contribution >= 0.6 is 0 Å². The first-order valence-electron chi connectivity index (χ1n) is 7.79. The molecule has 1 aromatic carbocycles. The van der Waals surface area contributed by atoms with Gasteiger partial charge in [-0.1, -0.05) is 25.5 Å². The van der Waals surface area contributed by atoms with Gasteiger partial charge in [0, 0.05) is 0 Å². The van der Waals surface area contributed by atoms with Crippen molar-refractivity contribution < 1.29 is 0 Å². The Balaban J connectivity index is 1.95. The Bertz CT molecular complexity index is 471. The van der Waals surface area contributed by atoms with E-state index in [1.54, 1.807) is 0 Å². The first-order valence-corrected chi connectivity index (χ1v) is 7.79. The summed E-state index contributed by atoms with van der Waals surface area (Å²) >= 11 is 0. The second kappa shape index (κ2) is 5.00. The van der Waals surface area contributed by atoms with Crippen LogP contribution in [0.3, 0.4) is 0 Å². The molecule has 2 bridgehead atoms. The van der Waals surface area contributed by atoms with Crippen LogP contribution in [0.1, 0.15) is 63.0 Å². The van der Waals surface area contributed by atoms with Crippen molar-refractivity contribution in [2.75, 3.05) is 0 Å². The summed E-state index contributed by atoms with van der Waals surface area (Å²) in [4.78, 5) is 0. The predicted molar refractivity (Wildman–Crippen MR) is 77.8 cm³/mol. The van der Waals surface area contributed by atoms with Gasteiger partial charge in [0.1, 0.15) is 0 Å². The predicted octanol–water partition coefficient (Wildman–Crippen LogP) is 4.81. The molecule has 3 saturated carbocycles. The average Bonchev–Trinajstić information content (AvgIpc) is 2.49. The molecule has 0 saturated heterocycles. The molecule has 0 aliphatic heterocycles. The van der Waals surface area contributed by atoms with Crippen LogP contribution in [0, 0.1) is 23.2 Å². The molecule has 1 atom stereocenters. The van der Waals surface area contributed by atoms with E-state index < -0.39 is 0 Å². The van der Waals surface area contributed by atoms with Crippen molar-refractivity contribution in [2.45, 2.75) is 57.3 Å². The Morgan fingerprint density at radius 1 is 1.21 bits per heavy atom. The number of nitriles is 1. The quantitative estimate of drug-likeness (QED) is 0.758. The number of hydrogen-bond acceptors (Lipinski definition) is 1. The van der Waals surface area contributed by atoms with Crippen molar-refractivity contribution in [3.63, 3.8) is 0 Å². The van der Waals surface area contributed by atoms with Crippen LogP contribution in [0.4, 0.5) is 0 Å². The molecule has 0 heterocycles. The summed E-state index contributed by atoms with van der Waals surface area (Å²) in [5.74, 6) is 1.87. The van der Waals surface area contributed by atoms with Gasteiger partial charge in [0.2, 0.25) is 0 Å². The van der Waals surface area contributed by atoms with Gasteiger partial charge in [-0.25, -0.2) is 0 Å². The van der Waals surface area contributed by atoms with Gasteiger partial charge in [-0.2, -0.15) is 5.26 Å². The summed E-state index contributed by atoms with van der Waals surface area (Å²) in [6, 6.07) is 10.7. The fourth-order valence-corrected chi connectivity index (χ4v) is 4.61. The Morgan fingerprint density at radius 2 is 1.89 bits per heavy atom. The topological polar surface area (TPSA) is 23.8 Å². The van der Waals surface area contributed by atoms with Crippen molar-refractivity contribution in [1.29, 1.82) is 5.26 Å². The maximum atomic E-state index is 8.95. The van der Waals surface area contributed by atoms with Crippen LogP contribution in [-0.2, 0) is 5.41 Å². The van der Waals surface area contributed by atoms with Crippen LogP contribution in [0.5, 0.6) is 0 Å². The normalized spacial score (nSPS) is 33.1. The third-order valence-electron chi connectivity index (χ3n) is 5.62. The second-order valence-corrected chi connectivity index (χ2v) is 6.51. The zero-order valence-corrected chi connectivity index (χ0v) is 11.9. The molecular formula is C18H23N. The molecular weight excluding hydrogens is 230 g/mol. The van der Waals surface area contributed by atoms with Crippen LogP contribution in [0.2, 0.25) is 0 Å². The van der Waals surface area contributed by atoms with E-state index in [-0.39, 0.29) is 0 Å². The third-order valence-corrected chi connectivity index (χ3v) is 5.62. The van der Waals surface area contributed by atoms with Crippen molar-refractivity contribution >= 4 is 0 Å². The lowest BCUT2D eigenvalue weighted by Crippen LogP contribution is -2.45. The summed E-state index contributed by atoms with van der Waals surface area (Å²) in [6.45, 7) is 2.31. The van der Waals surface area contributed by atoms with Crippen molar-refractivity contribution in [3.8, 4) is 6.07 Å². The van der Waals surface area contributed by atoms with Crippen LogP contribution < -0.4 is 0 Å². The Hall–Kier alpha value is -1.29. The Labute approximate surface area is 116 Å². The zero-order valence-electron chi connectivity index (χ0n) is 11.9. The molecule has 0 aromatic heterocycles. The van der Waals surface area contributed by atoms with E-state index in [4.69, 9.17) is 5.26 Å². The molecule has 3 aliphatic rings. The first kappa shape index (κ1) is 12.7. The standard InChI is InChI=1S/C18H23N/c1-2-3-17-12-14-8-10-18(17,11-9-14)16-6-4-15(13-19)5-7-16/h4-7,14,17H,2-3,8-12H2,1H3. The minimum Gasteiger partial charge on any atom is -0.192 e. The van der Waals surface area contributed by atoms with Gasteiger partial charge < -0.3 is 0 Å². The van der Waals surface area contributed by atoms with Gasteiger partial charge in [0.25, 0.3) is 0 Å². The molecule has 0 spiro atoms. The summed E-state index contributed by atoms with van der Waals surface area (Å²) < 4.78 is 0. The molecule has 19 heavy (non-hydrogen) atoms. The highest BCUT2D eigenvalue weighted by molar-refractivity contribution is 5.36. The monoisotopic (exact) mass is 253 g/mol. The molecule has 3 fully saturated rings. The van der Waals surface area contributed by atoms with E-state index in [2.05, 4.69) is 25.1 Å². The molecule has 100 valence electrons. The van der Waals surface area contributed by atoms with E-state index >= 15 is 0 Å². The maximum Gasteiger partial charge on any atom is 0.0991 e. The van der Waals surface area contributed by atoms with Gasteiger partial charge >= 0.3 is 0 Å². The fraction of sp³-hybridized carbons (Fsp3) is 0.611. The lowest BCUT2D eigenvalue weighted by Gasteiger charge is -2.53. The number of rotatable bonds is 3. The minimum atomic E-state index is 0.429. The molecule has 4 rings (SSSR count). The van der Waals surface area contributed by atoms with E-state index in [0.29, 0.717) is 5.41 Å². The molecule has 1 aromatic rings. The van der Waals surface area contributed by atoms with Crippen molar-refractivity contribution in [1.82, 2.24) is 0 Å². The average molecular weight is 253 g/mol. The molecule has 1 heteroatoms. The van der Waals surface area contributed by atoms with Gasteiger partial charge in [0.15, 0.2) is 0 Å². The summed E-state index contributed by atoms with van der Waals surface area (Å²) in [5, 5.41) is 8.95. The number of nitrogens with zero attached hydrogens (tertiary/aromatic N) is 1. The van der Waals surface area contributed by atoms with E-state index in [0.717, 1.165) is 17.4 Å². The Kier molecular flexibility index (Phi) is 3.35. The van der Waals surface area contributed by atoms with Crippen molar-refractivity contribution in [3.05, 3.63) is 35.4 Å². The summed E-state index contributed by atoms with van der Waals surface area (Å²) in [5.41, 5.74) is 2.72. The molecule has 0 radical (unpaired) electrons. The SMILES string of the molecule is CCCC1CC2CCC1(c1ccc(C#N)cc1)CC2. The largest absolute Gasteiger partial charge is 0.192 e. The van der Waals surface area contributed by atoms with E-state index in [1.807, 2.05) is 12.1 Å². The van der Waals surface area contributed by atoms with Gasteiger partial charge in [0.05, 0.1) is 11.6 Å². The molecule has 1 nitrogen and oxygen atoms in total. The molecule has 3 aliphatic carbocycles. The highest BCUT2D eigenvalue weighted by atomic mass is 14.5. The third kappa shape index (κ3) is 2.08. The van der Waals surface area contributed by atoms with Crippen LogP contribution in [0.15, 0.2) is 24.3 Å². The summed E-state index contributed by atoms with van der Waals surface area (Å²) in [6.07, 6.45) is 9.68.